The van der Waals surface area contributed by atoms with E-state index in [1.165, 1.54) is 7.11 Å². The van der Waals surface area contributed by atoms with Crippen molar-refractivity contribution in [2.45, 2.75) is 6.92 Å². The van der Waals surface area contributed by atoms with Gasteiger partial charge in [0, 0.05) is 24.2 Å². The first-order valence-electron chi connectivity index (χ1n) is 5.03. The summed E-state index contributed by atoms with van der Waals surface area (Å²) in [6.45, 7) is 1.79. The van der Waals surface area contributed by atoms with E-state index in [-0.39, 0.29) is 5.82 Å². The van der Waals surface area contributed by atoms with Crippen molar-refractivity contribution in [3.8, 4) is 0 Å². The van der Waals surface area contributed by atoms with Crippen LogP contribution in [0.2, 0.25) is 0 Å². The van der Waals surface area contributed by atoms with E-state index in [2.05, 4.69) is 20.1 Å². The zero-order valence-corrected chi connectivity index (χ0v) is 9.54. The van der Waals surface area contributed by atoms with Crippen LogP contribution in [0.15, 0.2) is 30.6 Å². The Hall–Kier alpha value is -2.37. The monoisotopic (exact) mass is 232 g/mol. The number of hydrogen-bond donors (Lipinski definition) is 1. The van der Waals surface area contributed by atoms with Gasteiger partial charge in [-0.15, -0.1) is 0 Å². The Balaban J connectivity index is 2.28. The van der Waals surface area contributed by atoms with Crippen LogP contribution in [0.5, 0.6) is 0 Å². The Labute approximate surface area is 98.2 Å². The quantitative estimate of drug-likeness (QED) is 0.806. The fourth-order valence-electron chi connectivity index (χ4n) is 1.35. The number of carbonyl (C=O) groups is 1. The summed E-state index contributed by atoms with van der Waals surface area (Å²) >= 11 is 0. The summed E-state index contributed by atoms with van der Waals surface area (Å²) < 4.78 is 6.31. The molecule has 2 aromatic heterocycles. The van der Waals surface area contributed by atoms with Crippen LogP contribution in [0.4, 0.5) is 5.82 Å². The third kappa shape index (κ3) is 2.60. The average molecular weight is 232 g/mol. The molecule has 2 heterocycles. The molecular formula is C11H12N4O2. The second kappa shape index (κ2) is 4.65. The number of ether oxygens (including phenoxy) is 1. The molecule has 0 aromatic carbocycles. The van der Waals surface area contributed by atoms with Gasteiger partial charge in [0.1, 0.15) is 5.82 Å². The number of carbonyl (C=O) groups excluding carboxylic acids is 1. The highest BCUT2D eigenvalue weighted by molar-refractivity contribution is 5.85. The molecule has 2 rings (SSSR count). The van der Waals surface area contributed by atoms with Crippen molar-refractivity contribution in [3.05, 3.63) is 42.1 Å². The molecule has 0 aliphatic carbocycles. The Morgan fingerprint density at radius 3 is 2.71 bits per heavy atom. The molecule has 2 aromatic rings. The van der Waals surface area contributed by atoms with Crippen molar-refractivity contribution in [1.82, 2.24) is 14.6 Å². The Kier molecular flexibility index (Phi) is 3.04. The van der Waals surface area contributed by atoms with E-state index in [0.717, 1.165) is 0 Å². The molecule has 0 unspecified atom stereocenters. The average Bonchev–Trinajstić information content (AvgIpc) is 2.80. The van der Waals surface area contributed by atoms with Crippen LogP contribution in [0.25, 0.3) is 0 Å². The first-order chi connectivity index (χ1) is 8.19. The Bertz CT molecular complexity index is 522. The van der Waals surface area contributed by atoms with E-state index in [9.17, 15) is 4.79 Å². The first-order valence-corrected chi connectivity index (χ1v) is 5.03. The zero-order chi connectivity index (χ0) is 12.3. The lowest BCUT2D eigenvalue weighted by Gasteiger charge is -2.08. The third-order valence-electron chi connectivity index (χ3n) is 2.07. The van der Waals surface area contributed by atoms with Gasteiger partial charge in [-0.05, 0) is 19.1 Å². The highest BCUT2D eigenvalue weighted by Gasteiger charge is 2.11. The van der Waals surface area contributed by atoms with Crippen LogP contribution < -0.4 is 5.43 Å². The summed E-state index contributed by atoms with van der Waals surface area (Å²) in [5, 5.41) is 0. The van der Waals surface area contributed by atoms with Gasteiger partial charge in [-0.25, -0.2) is 14.8 Å². The molecule has 88 valence electrons. The number of nitrogens with zero attached hydrogens (tertiary/aromatic N) is 3. The van der Waals surface area contributed by atoms with Gasteiger partial charge in [-0.2, -0.15) is 0 Å². The molecule has 1 N–H and O–H groups in total. The van der Waals surface area contributed by atoms with Crippen LogP contribution in [0.3, 0.4) is 0 Å². The number of nitrogens with one attached hydrogen (secondary N) is 1. The predicted molar refractivity (Wildman–Crippen MR) is 61.6 cm³/mol. The summed E-state index contributed by atoms with van der Waals surface area (Å²) in [7, 11) is 1.30. The Morgan fingerprint density at radius 1 is 1.35 bits per heavy atom. The van der Waals surface area contributed by atoms with E-state index in [1.807, 2.05) is 24.5 Å². The molecule has 0 fully saturated rings. The van der Waals surface area contributed by atoms with Crippen molar-refractivity contribution < 1.29 is 9.53 Å². The van der Waals surface area contributed by atoms with Crippen LogP contribution >= 0.6 is 0 Å². The Morgan fingerprint density at radius 2 is 2.06 bits per heavy atom. The number of aromatic nitrogens is 3. The van der Waals surface area contributed by atoms with Gasteiger partial charge in [0.15, 0.2) is 0 Å². The SMILES string of the molecule is COC(=O)c1nc(C)cc(Nn2cccc2)n1. The predicted octanol–water partition coefficient (Wildman–Crippen LogP) is 1.25. The van der Waals surface area contributed by atoms with Gasteiger partial charge < -0.3 is 4.74 Å². The van der Waals surface area contributed by atoms with Gasteiger partial charge in [0.25, 0.3) is 0 Å². The molecule has 0 saturated carbocycles. The molecule has 0 aliphatic heterocycles. The van der Waals surface area contributed by atoms with Gasteiger partial charge in [0.2, 0.25) is 5.82 Å². The molecule has 0 radical (unpaired) electrons. The molecule has 0 bridgehead atoms. The lowest BCUT2D eigenvalue weighted by molar-refractivity contribution is 0.0586. The van der Waals surface area contributed by atoms with E-state index in [0.29, 0.717) is 11.5 Å². The van der Waals surface area contributed by atoms with E-state index in [1.54, 1.807) is 17.7 Å². The number of methoxy groups -OCH3 is 1. The van der Waals surface area contributed by atoms with Crippen LogP contribution in [0.1, 0.15) is 16.3 Å². The molecule has 0 aliphatic rings. The second-order valence-electron chi connectivity index (χ2n) is 3.41. The summed E-state index contributed by atoms with van der Waals surface area (Å²) in [5.41, 5.74) is 3.69. The van der Waals surface area contributed by atoms with Crippen molar-refractivity contribution in [2.24, 2.45) is 0 Å². The molecule has 0 atom stereocenters. The summed E-state index contributed by atoms with van der Waals surface area (Å²) in [5.74, 6) is 0.0283. The maximum absolute atomic E-state index is 11.3. The van der Waals surface area contributed by atoms with Crippen molar-refractivity contribution in [2.75, 3.05) is 12.5 Å². The summed E-state index contributed by atoms with van der Waals surface area (Å²) in [6.07, 6.45) is 3.66. The number of hydrogen-bond acceptors (Lipinski definition) is 5. The largest absolute Gasteiger partial charge is 0.463 e. The standard InChI is InChI=1S/C11H12N4O2/c1-8-7-9(14-15-5-3-4-6-15)13-10(12-8)11(16)17-2/h3-7H,1-2H3,(H,12,13,14). The third-order valence-corrected chi connectivity index (χ3v) is 2.07. The number of rotatable bonds is 3. The molecular weight excluding hydrogens is 220 g/mol. The lowest BCUT2D eigenvalue weighted by atomic mass is 10.4. The van der Waals surface area contributed by atoms with Gasteiger partial charge in [-0.1, -0.05) is 0 Å². The fourth-order valence-corrected chi connectivity index (χ4v) is 1.35. The fraction of sp³-hybridized carbons (Fsp3) is 0.182. The van der Waals surface area contributed by atoms with E-state index < -0.39 is 5.97 Å². The highest BCUT2D eigenvalue weighted by atomic mass is 16.5. The van der Waals surface area contributed by atoms with Gasteiger partial charge >= 0.3 is 5.97 Å². The minimum Gasteiger partial charge on any atom is -0.463 e. The minimum atomic E-state index is -0.552. The zero-order valence-electron chi connectivity index (χ0n) is 9.54. The van der Waals surface area contributed by atoms with E-state index in [4.69, 9.17) is 0 Å². The molecule has 0 spiro atoms. The van der Waals surface area contributed by atoms with Crippen molar-refractivity contribution >= 4 is 11.8 Å². The van der Waals surface area contributed by atoms with Gasteiger partial charge in [0.05, 0.1) is 7.11 Å². The molecule has 6 nitrogen and oxygen atoms in total. The van der Waals surface area contributed by atoms with Crippen molar-refractivity contribution in [1.29, 1.82) is 0 Å². The smallest absolute Gasteiger partial charge is 0.376 e. The van der Waals surface area contributed by atoms with Gasteiger partial charge in [-0.3, -0.25) is 10.1 Å². The molecule has 17 heavy (non-hydrogen) atoms. The van der Waals surface area contributed by atoms with E-state index >= 15 is 0 Å². The van der Waals surface area contributed by atoms with Crippen LogP contribution in [0, 0.1) is 6.92 Å². The maximum atomic E-state index is 11.3. The maximum Gasteiger partial charge on any atom is 0.376 e. The van der Waals surface area contributed by atoms with Crippen LogP contribution in [-0.4, -0.2) is 27.7 Å². The lowest BCUT2D eigenvalue weighted by Crippen LogP contribution is -2.13. The minimum absolute atomic E-state index is 0.0437. The normalized spacial score (nSPS) is 10.0. The number of anilines is 1. The molecule has 0 amide bonds. The molecule has 0 saturated heterocycles. The topological polar surface area (TPSA) is 69.0 Å². The summed E-state index contributed by atoms with van der Waals surface area (Å²) in [4.78, 5) is 19.4. The highest BCUT2D eigenvalue weighted by Crippen LogP contribution is 2.07. The number of esters is 1. The van der Waals surface area contributed by atoms with Crippen molar-refractivity contribution in [3.63, 3.8) is 0 Å². The molecule has 6 heteroatoms. The van der Waals surface area contributed by atoms with Crippen LogP contribution in [-0.2, 0) is 4.74 Å². The first kappa shape index (κ1) is 11.1. The summed E-state index contributed by atoms with van der Waals surface area (Å²) in [6, 6.07) is 5.50. The number of aryl methyl sites for hydroxylation is 1. The second-order valence-corrected chi connectivity index (χ2v) is 3.41.